The van der Waals surface area contributed by atoms with Crippen LogP contribution >= 0.6 is 0 Å². The molecule has 2 N–H and O–H groups in total. The largest absolute Gasteiger partial charge is 0.438 e. The van der Waals surface area contributed by atoms with Crippen molar-refractivity contribution < 1.29 is 23.7 Å². The van der Waals surface area contributed by atoms with Gasteiger partial charge in [0.2, 0.25) is 0 Å². The van der Waals surface area contributed by atoms with Crippen molar-refractivity contribution in [3.05, 3.63) is 0 Å². The van der Waals surface area contributed by atoms with Gasteiger partial charge in [0.25, 0.3) is 0 Å². The maximum Gasteiger partial charge on any atom is 0.311 e. The van der Waals surface area contributed by atoms with E-state index in [4.69, 9.17) is 24.7 Å². The monoisotopic (exact) mass is 329 g/mol. The van der Waals surface area contributed by atoms with Gasteiger partial charge in [-0.1, -0.05) is 0 Å². The Morgan fingerprint density at radius 2 is 1.48 bits per heavy atom. The zero-order valence-corrected chi connectivity index (χ0v) is 14.2. The maximum atomic E-state index is 11.8. The number of rotatable bonds is 8. The van der Waals surface area contributed by atoms with Crippen molar-refractivity contribution in [1.82, 2.24) is 0 Å². The van der Waals surface area contributed by atoms with Gasteiger partial charge in [0.1, 0.15) is 6.79 Å². The molecule has 0 aromatic rings. The van der Waals surface area contributed by atoms with E-state index in [1.54, 1.807) is 0 Å². The van der Waals surface area contributed by atoms with Crippen molar-refractivity contribution in [2.24, 2.45) is 11.7 Å². The predicted octanol–water partition coefficient (Wildman–Crippen LogP) is 2.34. The van der Waals surface area contributed by atoms with Gasteiger partial charge in [0.05, 0.1) is 18.1 Å². The maximum absolute atomic E-state index is 11.8. The third-order valence-corrected chi connectivity index (χ3v) is 4.82. The fourth-order valence-corrected chi connectivity index (χ4v) is 3.25. The van der Waals surface area contributed by atoms with Crippen LogP contribution in [0.25, 0.3) is 0 Å². The van der Waals surface area contributed by atoms with Gasteiger partial charge in [-0.2, -0.15) is 0 Å². The molecule has 134 valence electrons. The van der Waals surface area contributed by atoms with Gasteiger partial charge in [0.15, 0.2) is 6.79 Å². The first kappa shape index (κ1) is 18.6. The van der Waals surface area contributed by atoms with Gasteiger partial charge in [-0.3, -0.25) is 4.79 Å². The third-order valence-electron chi connectivity index (χ3n) is 4.82. The molecule has 0 amide bonds. The molecule has 0 unspecified atom stereocenters. The lowest BCUT2D eigenvalue weighted by Gasteiger charge is -2.29. The molecule has 0 radical (unpaired) electrons. The number of ether oxygens (including phenoxy) is 4. The van der Waals surface area contributed by atoms with Gasteiger partial charge in [0, 0.05) is 12.6 Å². The van der Waals surface area contributed by atoms with E-state index in [1.165, 1.54) is 0 Å². The Kier molecular flexibility index (Phi) is 8.30. The molecule has 2 fully saturated rings. The van der Waals surface area contributed by atoms with E-state index in [1.807, 2.05) is 6.92 Å². The minimum atomic E-state index is -0.147. The van der Waals surface area contributed by atoms with E-state index >= 15 is 0 Å². The molecule has 2 aliphatic rings. The normalized spacial score (nSPS) is 31.7. The molecule has 0 atom stereocenters. The number of hydrogen-bond acceptors (Lipinski definition) is 6. The Balaban J connectivity index is 1.53. The highest BCUT2D eigenvalue weighted by molar-refractivity contribution is 5.72. The van der Waals surface area contributed by atoms with Crippen molar-refractivity contribution in [3.63, 3.8) is 0 Å². The summed E-state index contributed by atoms with van der Waals surface area (Å²) in [5, 5.41) is 0. The van der Waals surface area contributed by atoms with Crippen molar-refractivity contribution in [3.8, 4) is 0 Å². The van der Waals surface area contributed by atoms with Crippen LogP contribution < -0.4 is 5.73 Å². The number of nitrogens with two attached hydrogens (primary N) is 1. The molecule has 23 heavy (non-hydrogen) atoms. The fourth-order valence-electron chi connectivity index (χ4n) is 3.25. The molecule has 6 nitrogen and oxygen atoms in total. The van der Waals surface area contributed by atoms with Crippen molar-refractivity contribution in [2.45, 2.75) is 76.5 Å². The molecular formula is C17H31NO5. The minimum absolute atomic E-state index is 0.0175. The molecule has 0 saturated heterocycles. The quantitative estimate of drug-likeness (QED) is 0.418. The molecule has 0 aromatic heterocycles. The smallest absolute Gasteiger partial charge is 0.311 e. The standard InChI is InChI=1S/C17H31NO5/c1-2-20-11-23-17(19)13-3-7-15(8-4-13)21-12-22-16-9-5-14(18)6-10-16/h13-16H,2-12,18H2,1H3. The first-order valence-corrected chi connectivity index (χ1v) is 8.92. The third kappa shape index (κ3) is 6.75. The van der Waals surface area contributed by atoms with Gasteiger partial charge < -0.3 is 24.7 Å². The Hall–Kier alpha value is -0.690. The lowest BCUT2D eigenvalue weighted by molar-refractivity contribution is -0.165. The van der Waals surface area contributed by atoms with Crippen LogP contribution in [0.3, 0.4) is 0 Å². The van der Waals surface area contributed by atoms with E-state index in [0.717, 1.165) is 51.4 Å². The first-order chi connectivity index (χ1) is 11.2. The topological polar surface area (TPSA) is 80.0 Å². The fraction of sp³-hybridized carbons (Fsp3) is 0.941. The van der Waals surface area contributed by atoms with Crippen LogP contribution in [-0.2, 0) is 23.7 Å². The Morgan fingerprint density at radius 1 is 0.913 bits per heavy atom. The summed E-state index contributed by atoms with van der Waals surface area (Å²) >= 11 is 0. The highest BCUT2D eigenvalue weighted by Crippen LogP contribution is 2.27. The van der Waals surface area contributed by atoms with E-state index in [2.05, 4.69) is 0 Å². The zero-order valence-electron chi connectivity index (χ0n) is 14.2. The lowest BCUT2D eigenvalue weighted by atomic mass is 9.87. The highest BCUT2D eigenvalue weighted by Gasteiger charge is 2.28. The summed E-state index contributed by atoms with van der Waals surface area (Å²) in [4.78, 5) is 11.8. The SMILES string of the molecule is CCOCOC(=O)C1CCC(OCOC2CCC(N)CC2)CC1. The molecule has 2 rings (SSSR count). The summed E-state index contributed by atoms with van der Waals surface area (Å²) < 4.78 is 21.7. The van der Waals surface area contributed by atoms with E-state index < -0.39 is 0 Å². The summed E-state index contributed by atoms with van der Waals surface area (Å²) in [5.74, 6) is -0.164. The van der Waals surface area contributed by atoms with Crippen LogP contribution in [0.15, 0.2) is 0 Å². The van der Waals surface area contributed by atoms with Crippen LogP contribution in [0.4, 0.5) is 0 Å². The molecular weight excluding hydrogens is 298 g/mol. The van der Waals surface area contributed by atoms with Crippen LogP contribution in [0.5, 0.6) is 0 Å². The molecule has 0 spiro atoms. The highest BCUT2D eigenvalue weighted by atomic mass is 16.7. The van der Waals surface area contributed by atoms with Crippen molar-refractivity contribution in [2.75, 3.05) is 20.2 Å². The van der Waals surface area contributed by atoms with Crippen molar-refractivity contribution in [1.29, 1.82) is 0 Å². The van der Waals surface area contributed by atoms with Crippen molar-refractivity contribution >= 4 is 5.97 Å². The van der Waals surface area contributed by atoms with Crippen LogP contribution in [0, 0.1) is 5.92 Å². The minimum Gasteiger partial charge on any atom is -0.438 e. The van der Waals surface area contributed by atoms with Gasteiger partial charge in [-0.05, 0) is 58.3 Å². The average molecular weight is 329 g/mol. The molecule has 0 aromatic carbocycles. The first-order valence-electron chi connectivity index (χ1n) is 8.92. The second kappa shape index (κ2) is 10.2. The lowest BCUT2D eigenvalue weighted by Crippen LogP contribution is -2.32. The molecule has 6 heteroatoms. The van der Waals surface area contributed by atoms with Gasteiger partial charge in [-0.15, -0.1) is 0 Å². The van der Waals surface area contributed by atoms with E-state index in [0.29, 0.717) is 25.5 Å². The second-order valence-corrected chi connectivity index (χ2v) is 6.54. The van der Waals surface area contributed by atoms with E-state index in [-0.39, 0.29) is 24.8 Å². The Labute approximate surface area is 139 Å². The number of esters is 1. The van der Waals surface area contributed by atoms with E-state index in [9.17, 15) is 4.79 Å². The van der Waals surface area contributed by atoms with Crippen LogP contribution in [0.2, 0.25) is 0 Å². The van der Waals surface area contributed by atoms with Crippen LogP contribution in [-0.4, -0.2) is 44.4 Å². The number of carbonyl (C=O) groups excluding carboxylic acids is 1. The zero-order chi connectivity index (χ0) is 16.5. The molecule has 0 heterocycles. The Morgan fingerprint density at radius 3 is 2.04 bits per heavy atom. The Bertz CT molecular complexity index is 336. The molecule has 0 aliphatic heterocycles. The summed E-state index contributed by atoms with van der Waals surface area (Å²) in [6, 6.07) is 0.341. The van der Waals surface area contributed by atoms with Gasteiger partial charge in [-0.25, -0.2) is 0 Å². The molecule has 2 aliphatic carbocycles. The summed E-state index contributed by atoms with van der Waals surface area (Å²) in [7, 11) is 0. The number of carbonyl (C=O) groups is 1. The number of hydrogen-bond donors (Lipinski definition) is 1. The van der Waals surface area contributed by atoms with Gasteiger partial charge >= 0.3 is 5.97 Å². The van der Waals surface area contributed by atoms with Crippen LogP contribution in [0.1, 0.15) is 58.3 Å². The molecule has 0 bridgehead atoms. The molecule has 2 saturated carbocycles. The summed E-state index contributed by atoms with van der Waals surface area (Å²) in [6.07, 6.45) is 8.02. The summed E-state index contributed by atoms with van der Waals surface area (Å²) in [5.41, 5.74) is 5.89. The second-order valence-electron chi connectivity index (χ2n) is 6.54. The average Bonchev–Trinajstić information content (AvgIpc) is 2.57. The predicted molar refractivity (Wildman–Crippen MR) is 85.6 cm³/mol. The summed E-state index contributed by atoms with van der Waals surface area (Å²) in [6.45, 7) is 2.84.